The summed E-state index contributed by atoms with van der Waals surface area (Å²) >= 11 is 1.61. The van der Waals surface area contributed by atoms with Crippen molar-refractivity contribution in [1.29, 1.82) is 0 Å². The molecule has 0 atom stereocenters. The highest BCUT2D eigenvalue weighted by Crippen LogP contribution is 2.34. The first-order valence-corrected chi connectivity index (χ1v) is 6.49. The number of hydrogen-bond acceptors (Lipinski definition) is 5. The van der Waals surface area contributed by atoms with E-state index in [4.69, 9.17) is 9.47 Å². The number of methoxy groups -OCH3 is 2. The fourth-order valence-electron chi connectivity index (χ4n) is 1.59. The summed E-state index contributed by atoms with van der Waals surface area (Å²) in [4.78, 5) is 5.43. The van der Waals surface area contributed by atoms with Gasteiger partial charge in [0.1, 0.15) is 5.75 Å². The summed E-state index contributed by atoms with van der Waals surface area (Å²) < 4.78 is 10.3. The van der Waals surface area contributed by atoms with Crippen LogP contribution in [0.1, 0.15) is 0 Å². The second kappa shape index (κ2) is 6.37. The van der Waals surface area contributed by atoms with E-state index in [0.29, 0.717) is 6.61 Å². The Morgan fingerprint density at radius 1 is 1.28 bits per heavy atom. The van der Waals surface area contributed by atoms with Crippen LogP contribution in [0, 0.1) is 0 Å². The van der Waals surface area contributed by atoms with Gasteiger partial charge in [0.15, 0.2) is 5.13 Å². The second-order valence-corrected chi connectivity index (χ2v) is 4.68. The maximum atomic E-state index is 5.35. The molecule has 0 radical (unpaired) electrons. The quantitative estimate of drug-likeness (QED) is 0.815. The molecule has 1 aromatic heterocycles. The molecule has 0 fully saturated rings. The average Bonchev–Trinajstić information content (AvgIpc) is 2.88. The summed E-state index contributed by atoms with van der Waals surface area (Å²) in [6.07, 6.45) is 1.86. The van der Waals surface area contributed by atoms with E-state index in [0.717, 1.165) is 27.9 Å². The Labute approximate surface area is 111 Å². The maximum Gasteiger partial charge on any atom is 0.183 e. The van der Waals surface area contributed by atoms with E-state index in [9.17, 15) is 0 Å². The van der Waals surface area contributed by atoms with Gasteiger partial charge in [-0.1, -0.05) is 23.5 Å². The molecule has 0 saturated carbocycles. The van der Waals surface area contributed by atoms with Crippen molar-refractivity contribution in [2.45, 2.75) is 0 Å². The van der Waals surface area contributed by atoms with E-state index in [2.05, 4.69) is 10.3 Å². The van der Waals surface area contributed by atoms with Gasteiger partial charge in [0.25, 0.3) is 0 Å². The molecule has 0 unspecified atom stereocenters. The number of nitrogens with one attached hydrogen (secondary N) is 1. The Morgan fingerprint density at radius 2 is 2.11 bits per heavy atom. The molecule has 0 spiro atoms. The van der Waals surface area contributed by atoms with E-state index in [1.54, 1.807) is 25.6 Å². The Balaban J connectivity index is 2.13. The van der Waals surface area contributed by atoms with Gasteiger partial charge >= 0.3 is 0 Å². The molecule has 0 aliphatic rings. The lowest BCUT2D eigenvalue weighted by molar-refractivity contribution is 0.211. The fraction of sp³-hybridized carbons (Fsp3) is 0.308. The normalized spacial score (nSPS) is 10.3. The van der Waals surface area contributed by atoms with E-state index < -0.39 is 0 Å². The number of para-hydroxylation sites is 1. The van der Waals surface area contributed by atoms with Crippen LogP contribution in [0.3, 0.4) is 0 Å². The largest absolute Gasteiger partial charge is 0.496 e. The number of ether oxygens (including phenoxy) is 2. The highest BCUT2D eigenvalue weighted by Gasteiger charge is 2.08. The monoisotopic (exact) mass is 264 g/mol. The summed E-state index contributed by atoms with van der Waals surface area (Å²) in [6, 6.07) is 7.94. The van der Waals surface area contributed by atoms with Crippen LogP contribution in [0.25, 0.3) is 10.4 Å². The maximum absolute atomic E-state index is 5.35. The minimum Gasteiger partial charge on any atom is -0.496 e. The molecule has 0 bridgehead atoms. The number of anilines is 1. The van der Waals surface area contributed by atoms with Crippen molar-refractivity contribution in [3.8, 4) is 16.2 Å². The van der Waals surface area contributed by atoms with Crippen LogP contribution < -0.4 is 10.1 Å². The zero-order chi connectivity index (χ0) is 12.8. The summed E-state index contributed by atoms with van der Waals surface area (Å²) in [5, 5.41) is 4.11. The lowest BCUT2D eigenvalue weighted by Crippen LogP contribution is -2.06. The fourth-order valence-corrected chi connectivity index (χ4v) is 2.46. The lowest BCUT2D eigenvalue weighted by Gasteiger charge is -2.05. The topological polar surface area (TPSA) is 43.4 Å². The molecule has 0 aliphatic carbocycles. The lowest BCUT2D eigenvalue weighted by atomic mass is 10.2. The zero-order valence-electron chi connectivity index (χ0n) is 10.5. The zero-order valence-corrected chi connectivity index (χ0v) is 11.3. The third kappa shape index (κ3) is 3.00. The summed E-state index contributed by atoms with van der Waals surface area (Å²) in [7, 11) is 3.36. The second-order valence-electron chi connectivity index (χ2n) is 3.65. The number of thiazole rings is 1. The SMILES string of the molecule is COCCNc1ncc(-c2ccccc2OC)s1. The van der Waals surface area contributed by atoms with Crippen LogP contribution in [0.5, 0.6) is 5.75 Å². The standard InChI is InChI=1S/C13H16N2O2S/c1-16-8-7-14-13-15-9-12(18-13)10-5-3-4-6-11(10)17-2/h3-6,9H,7-8H2,1-2H3,(H,14,15). The third-order valence-corrected chi connectivity index (χ3v) is 3.45. The molecule has 96 valence electrons. The predicted octanol–water partition coefficient (Wildman–Crippen LogP) is 2.88. The van der Waals surface area contributed by atoms with E-state index >= 15 is 0 Å². The first-order chi connectivity index (χ1) is 8.85. The smallest absolute Gasteiger partial charge is 0.183 e. The predicted molar refractivity (Wildman–Crippen MR) is 74.5 cm³/mol. The molecule has 2 rings (SSSR count). The van der Waals surface area contributed by atoms with E-state index in [1.807, 2.05) is 30.5 Å². The van der Waals surface area contributed by atoms with E-state index in [-0.39, 0.29) is 0 Å². The highest BCUT2D eigenvalue weighted by molar-refractivity contribution is 7.18. The molecule has 0 amide bonds. The molecular weight excluding hydrogens is 248 g/mol. The van der Waals surface area contributed by atoms with Crippen molar-refractivity contribution < 1.29 is 9.47 Å². The van der Waals surface area contributed by atoms with Crippen LogP contribution in [-0.2, 0) is 4.74 Å². The third-order valence-electron chi connectivity index (χ3n) is 2.46. The van der Waals surface area contributed by atoms with Crippen LogP contribution in [0.15, 0.2) is 30.5 Å². The number of aromatic nitrogens is 1. The minimum absolute atomic E-state index is 0.670. The van der Waals surface area contributed by atoms with Crippen molar-refractivity contribution in [3.63, 3.8) is 0 Å². The summed E-state index contributed by atoms with van der Waals surface area (Å²) in [5.74, 6) is 0.865. The van der Waals surface area contributed by atoms with Gasteiger partial charge in [0.2, 0.25) is 0 Å². The molecule has 5 heteroatoms. The molecule has 2 aromatic rings. The Hall–Kier alpha value is -1.59. The Kier molecular flexibility index (Phi) is 4.55. The molecule has 1 aromatic carbocycles. The molecule has 1 heterocycles. The first kappa shape index (κ1) is 12.9. The number of benzene rings is 1. The van der Waals surface area contributed by atoms with E-state index in [1.165, 1.54) is 0 Å². The molecule has 0 saturated heterocycles. The number of hydrogen-bond donors (Lipinski definition) is 1. The summed E-state index contributed by atoms with van der Waals surface area (Å²) in [6.45, 7) is 1.43. The number of nitrogens with zero attached hydrogens (tertiary/aromatic N) is 1. The van der Waals surface area contributed by atoms with Crippen molar-refractivity contribution in [3.05, 3.63) is 30.5 Å². The molecule has 0 aliphatic heterocycles. The van der Waals surface area contributed by atoms with Crippen molar-refractivity contribution in [2.75, 3.05) is 32.7 Å². The van der Waals surface area contributed by atoms with Gasteiger partial charge in [-0.15, -0.1) is 0 Å². The van der Waals surface area contributed by atoms with Crippen molar-refractivity contribution in [1.82, 2.24) is 4.98 Å². The van der Waals surface area contributed by atoms with Gasteiger partial charge < -0.3 is 14.8 Å². The van der Waals surface area contributed by atoms with Gasteiger partial charge in [-0.25, -0.2) is 4.98 Å². The van der Waals surface area contributed by atoms with Crippen LogP contribution in [-0.4, -0.2) is 32.4 Å². The Morgan fingerprint density at radius 3 is 2.89 bits per heavy atom. The summed E-state index contributed by atoms with van der Waals surface area (Å²) in [5.41, 5.74) is 1.07. The Bertz CT molecular complexity index is 499. The molecule has 1 N–H and O–H groups in total. The van der Waals surface area contributed by atoms with Crippen molar-refractivity contribution in [2.24, 2.45) is 0 Å². The van der Waals surface area contributed by atoms with Crippen LogP contribution in [0.4, 0.5) is 5.13 Å². The molecular formula is C13H16N2O2S. The average molecular weight is 264 g/mol. The van der Waals surface area contributed by atoms with Gasteiger partial charge in [0, 0.05) is 25.4 Å². The van der Waals surface area contributed by atoms with Gasteiger partial charge in [-0.2, -0.15) is 0 Å². The molecule has 18 heavy (non-hydrogen) atoms. The number of rotatable bonds is 6. The van der Waals surface area contributed by atoms with Gasteiger partial charge in [0.05, 0.1) is 18.6 Å². The highest BCUT2D eigenvalue weighted by atomic mass is 32.1. The van der Waals surface area contributed by atoms with Crippen LogP contribution in [0.2, 0.25) is 0 Å². The van der Waals surface area contributed by atoms with Crippen LogP contribution >= 0.6 is 11.3 Å². The molecule has 4 nitrogen and oxygen atoms in total. The van der Waals surface area contributed by atoms with Crippen molar-refractivity contribution >= 4 is 16.5 Å². The van der Waals surface area contributed by atoms with Gasteiger partial charge in [-0.05, 0) is 12.1 Å². The van der Waals surface area contributed by atoms with Gasteiger partial charge in [-0.3, -0.25) is 0 Å². The minimum atomic E-state index is 0.670. The first-order valence-electron chi connectivity index (χ1n) is 5.67.